The molecule has 0 spiro atoms. The Labute approximate surface area is 75.8 Å². The summed E-state index contributed by atoms with van der Waals surface area (Å²) in [5, 5.41) is 0. The lowest BCUT2D eigenvalue weighted by Gasteiger charge is -2.14. The molecule has 0 saturated heterocycles. The van der Waals surface area contributed by atoms with Crippen LogP contribution in [0.2, 0.25) is 0 Å². The summed E-state index contributed by atoms with van der Waals surface area (Å²) in [6, 6.07) is 0. The minimum absolute atomic E-state index is 0.0208. The molecule has 0 atom stereocenters. The van der Waals surface area contributed by atoms with Gasteiger partial charge in [0.05, 0.1) is 14.2 Å². The average molecular weight is 183 g/mol. The van der Waals surface area contributed by atoms with Gasteiger partial charge in [0, 0.05) is 5.57 Å². The van der Waals surface area contributed by atoms with Gasteiger partial charge in [-0.3, -0.25) is 9.59 Å². The number of carbonyl (C=O) groups excluding carboxylic acids is 2. The highest BCUT2D eigenvalue weighted by Gasteiger charge is 2.28. The van der Waals surface area contributed by atoms with Crippen molar-refractivity contribution in [3.8, 4) is 0 Å². The number of allylic oxidation sites excluding steroid dienone is 2. The van der Waals surface area contributed by atoms with Crippen molar-refractivity contribution >= 4 is 11.6 Å². The van der Waals surface area contributed by atoms with Crippen LogP contribution in [0.25, 0.3) is 0 Å². The summed E-state index contributed by atoms with van der Waals surface area (Å²) in [6.07, 6.45) is 1.24. The molecule has 0 heterocycles. The monoisotopic (exact) mass is 183 g/mol. The smallest absolute Gasteiger partial charge is 0.227 e. The molecular weight excluding hydrogens is 173 g/mol. The molecule has 0 N–H and O–H groups in total. The van der Waals surface area contributed by atoms with Gasteiger partial charge >= 0.3 is 0 Å². The van der Waals surface area contributed by atoms with E-state index in [4.69, 9.17) is 9.47 Å². The van der Waals surface area contributed by atoms with Gasteiger partial charge in [-0.2, -0.15) is 0 Å². The second-order valence-electron chi connectivity index (χ2n) is 2.59. The molecule has 70 valence electrons. The van der Waals surface area contributed by atoms with Gasteiger partial charge in [0.15, 0.2) is 0 Å². The molecule has 0 aromatic carbocycles. The Morgan fingerprint density at radius 2 is 1.62 bits per heavy atom. The fourth-order valence-electron chi connectivity index (χ4n) is 1.10. The van der Waals surface area contributed by atoms with E-state index >= 15 is 0 Å². The van der Waals surface area contributed by atoms with Gasteiger partial charge in [0.1, 0.15) is 0 Å². The molecule has 1 aliphatic carbocycles. The van der Waals surface area contributed by atoms with E-state index < -0.39 is 0 Å². The molecule has 4 heteroatoms. The van der Waals surface area contributed by atoms with Crippen molar-refractivity contribution in [2.45, 2.75) is 6.92 Å². The minimum atomic E-state index is -0.337. The molecule has 0 unspecified atom stereocenters. The van der Waals surface area contributed by atoms with Crippen LogP contribution in [-0.4, -0.2) is 25.8 Å². The quantitative estimate of drug-likeness (QED) is 0.464. The van der Waals surface area contributed by atoms with Crippen LogP contribution in [0.4, 0.5) is 0 Å². The van der Waals surface area contributed by atoms with Crippen molar-refractivity contribution in [1.82, 2.24) is 0 Å². The second kappa shape index (κ2) is 3.43. The lowest BCUT2D eigenvalue weighted by Crippen LogP contribution is -2.20. The number of rotatable bonds is 2. The van der Waals surface area contributed by atoms with Gasteiger partial charge < -0.3 is 9.47 Å². The van der Waals surface area contributed by atoms with Gasteiger partial charge in [-0.25, -0.2) is 0 Å². The molecule has 0 amide bonds. The Morgan fingerprint density at radius 3 is 2.08 bits per heavy atom. The Hall–Kier alpha value is -1.58. The summed E-state index contributed by atoms with van der Waals surface area (Å²) in [6.45, 7) is 1.56. The van der Waals surface area contributed by atoms with E-state index in [2.05, 4.69) is 0 Å². The predicted octanol–water partition coefficient (Wildman–Crippen LogP) is 0.589. The van der Waals surface area contributed by atoms with Crippen LogP contribution in [-0.2, 0) is 19.1 Å². The van der Waals surface area contributed by atoms with Gasteiger partial charge in [-0.15, -0.1) is 0 Å². The average Bonchev–Trinajstić information content (AvgIpc) is 2.10. The Balaban J connectivity index is 3.19. The number of hydrogen-bond acceptors (Lipinski definition) is 4. The summed E-state index contributed by atoms with van der Waals surface area (Å²) < 4.78 is 9.56. The number of ketones is 2. The summed E-state index contributed by atoms with van der Waals surface area (Å²) in [7, 11) is 2.66. The maximum absolute atomic E-state index is 11.4. The minimum Gasteiger partial charge on any atom is -0.490 e. The standard InChI is InChI=1S/C9H10O4/c1-5-4-6(10)8(12-2)9(13-3)7(5)11/h4H,1-3H3/i1+1. The molecular formula is C9H10O4. The van der Waals surface area contributed by atoms with Gasteiger partial charge in [0.2, 0.25) is 23.1 Å². The zero-order valence-corrected chi connectivity index (χ0v) is 7.71. The van der Waals surface area contributed by atoms with E-state index in [0.29, 0.717) is 5.57 Å². The largest absolute Gasteiger partial charge is 0.490 e. The maximum Gasteiger partial charge on any atom is 0.227 e. The third-order valence-corrected chi connectivity index (χ3v) is 1.75. The summed E-state index contributed by atoms with van der Waals surface area (Å²) in [5.41, 5.74) is 0.364. The first-order chi connectivity index (χ1) is 6.11. The van der Waals surface area contributed by atoms with E-state index in [1.165, 1.54) is 20.3 Å². The van der Waals surface area contributed by atoms with E-state index in [-0.39, 0.29) is 23.1 Å². The zero-order valence-electron chi connectivity index (χ0n) is 7.71. The van der Waals surface area contributed by atoms with Crippen LogP contribution < -0.4 is 0 Å². The van der Waals surface area contributed by atoms with E-state index in [9.17, 15) is 9.59 Å². The van der Waals surface area contributed by atoms with Crippen LogP contribution in [0.1, 0.15) is 6.92 Å². The predicted molar refractivity (Wildman–Crippen MR) is 44.8 cm³/mol. The highest BCUT2D eigenvalue weighted by molar-refractivity contribution is 6.20. The first-order valence-electron chi connectivity index (χ1n) is 3.71. The molecule has 13 heavy (non-hydrogen) atoms. The van der Waals surface area contributed by atoms with Gasteiger partial charge in [0.25, 0.3) is 0 Å². The summed E-state index contributed by atoms with van der Waals surface area (Å²) >= 11 is 0. The molecule has 1 aliphatic rings. The summed E-state index contributed by atoms with van der Waals surface area (Å²) in [5.74, 6) is -0.694. The third-order valence-electron chi connectivity index (χ3n) is 1.75. The lowest BCUT2D eigenvalue weighted by atomic mass is 10.1. The van der Waals surface area contributed by atoms with Crippen LogP contribution in [0, 0.1) is 0 Å². The molecule has 0 aliphatic heterocycles. The molecule has 4 nitrogen and oxygen atoms in total. The molecule has 0 fully saturated rings. The van der Waals surface area contributed by atoms with Crippen molar-refractivity contribution in [2.75, 3.05) is 14.2 Å². The topological polar surface area (TPSA) is 52.6 Å². The first kappa shape index (κ1) is 9.51. The SMILES string of the molecule is COC1=C(OC)C(=O)C([13CH3])=CC1=O. The molecule has 1 rings (SSSR count). The normalized spacial score (nSPS) is 17.3. The van der Waals surface area contributed by atoms with E-state index in [1.807, 2.05) is 0 Å². The molecule has 0 aromatic heterocycles. The van der Waals surface area contributed by atoms with E-state index in [0.717, 1.165) is 0 Å². The van der Waals surface area contributed by atoms with Crippen LogP contribution in [0.5, 0.6) is 0 Å². The van der Waals surface area contributed by atoms with E-state index in [1.54, 1.807) is 6.92 Å². The molecule has 0 saturated carbocycles. The van der Waals surface area contributed by atoms with Crippen molar-refractivity contribution in [2.24, 2.45) is 0 Å². The maximum atomic E-state index is 11.4. The van der Waals surface area contributed by atoms with Crippen molar-refractivity contribution < 1.29 is 19.1 Å². The van der Waals surface area contributed by atoms with Crippen molar-refractivity contribution in [3.63, 3.8) is 0 Å². The summed E-state index contributed by atoms with van der Waals surface area (Å²) in [4.78, 5) is 22.6. The fraction of sp³-hybridized carbons (Fsp3) is 0.333. The van der Waals surface area contributed by atoms with Gasteiger partial charge in [-0.05, 0) is 13.0 Å². The van der Waals surface area contributed by atoms with Crippen LogP contribution in [0.3, 0.4) is 0 Å². The Morgan fingerprint density at radius 1 is 1.08 bits per heavy atom. The van der Waals surface area contributed by atoms with Crippen molar-refractivity contribution in [1.29, 1.82) is 0 Å². The number of Topliss-reactive ketones (excluding diaryl/α,β-unsaturated/α-hetero) is 1. The van der Waals surface area contributed by atoms with Crippen LogP contribution >= 0.6 is 0 Å². The Kier molecular flexibility index (Phi) is 2.51. The molecule has 0 aromatic rings. The number of ether oxygens (including phenoxy) is 2. The number of hydrogen-bond donors (Lipinski definition) is 0. The third kappa shape index (κ3) is 1.47. The second-order valence-corrected chi connectivity index (χ2v) is 2.59. The zero-order chi connectivity index (χ0) is 10.0. The molecule has 0 radical (unpaired) electrons. The number of methoxy groups -OCH3 is 2. The molecule has 0 bridgehead atoms. The highest BCUT2D eigenvalue weighted by Crippen LogP contribution is 2.19. The van der Waals surface area contributed by atoms with Gasteiger partial charge in [-0.1, -0.05) is 0 Å². The highest BCUT2D eigenvalue weighted by atomic mass is 16.5. The lowest BCUT2D eigenvalue weighted by molar-refractivity contribution is -0.120. The first-order valence-corrected chi connectivity index (χ1v) is 3.71. The fourth-order valence-corrected chi connectivity index (χ4v) is 1.10. The Bertz CT molecular complexity index is 323. The van der Waals surface area contributed by atoms with Crippen molar-refractivity contribution in [3.05, 3.63) is 23.2 Å². The van der Waals surface area contributed by atoms with Crippen LogP contribution in [0.15, 0.2) is 23.2 Å². The number of carbonyl (C=O) groups is 2.